The summed E-state index contributed by atoms with van der Waals surface area (Å²) >= 11 is 0. The molecule has 1 saturated heterocycles. The summed E-state index contributed by atoms with van der Waals surface area (Å²) in [7, 11) is 0. The Morgan fingerprint density at radius 1 is 1.24 bits per heavy atom. The van der Waals surface area contributed by atoms with E-state index in [1.165, 1.54) is 29.1 Å². The van der Waals surface area contributed by atoms with E-state index in [4.69, 9.17) is 0 Å². The zero-order chi connectivity index (χ0) is 15.0. The molecule has 21 heavy (non-hydrogen) atoms. The lowest BCUT2D eigenvalue weighted by atomic mass is 10.0. The molecule has 3 rings (SSSR count). The summed E-state index contributed by atoms with van der Waals surface area (Å²) in [5.74, 6) is -0.139. The van der Waals surface area contributed by atoms with Crippen molar-refractivity contribution in [3.8, 4) is 0 Å². The summed E-state index contributed by atoms with van der Waals surface area (Å²) < 4.78 is 2.18. The number of carbonyl (C=O) groups is 2. The maximum absolute atomic E-state index is 12.1. The van der Waals surface area contributed by atoms with E-state index < -0.39 is 5.54 Å². The van der Waals surface area contributed by atoms with Gasteiger partial charge < -0.3 is 9.88 Å². The van der Waals surface area contributed by atoms with Gasteiger partial charge in [0.2, 0.25) is 0 Å². The molecule has 0 spiro atoms. The minimum absolute atomic E-state index is 0.139. The highest BCUT2D eigenvalue weighted by Crippen LogP contribution is 2.21. The van der Waals surface area contributed by atoms with Crippen molar-refractivity contribution in [2.45, 2.75) is 58.0 Å². The molecule has 3 amide bonds. The van der Waals surface area contributed by atoms with Gasteiger partial charge in [0, 0.05) is 18.8 Å². The number of hydrogen-bond donors (Lipinski definition) is 1. The fourth-order valence-electron chi connectivity index (χ4n) is 3.14. The first-order chi connectivity index (χ1) is 9.99. The van der Waals surface area contributed by atoms with Gasteiger partial charge in [-0.2, -0.15) is 0 Å². The van der Waals surface area contributed by atoms with E-state index in [9.17, 15) is 9.59 Å². The van der Waals surface area contributed by atoms with Gasteiger partial charge >= 0.3 is 6.03 Å². The first-order valence-electron chi connectivity index (χ1n) is 7.66. The van der Waals surface area contributed by atoms with Gasteiger partial charge in [-0.1, -0.05) is 0 Å². The van der Waals surface area contributed by atoms with Crippen molar-refractivity contribution in [3.05, 3.63) is 17.7 Å². The van der Waals surface area contributed by atoms with Crippen LogP contribution < -0.4 is 5.32 Å². The number of nitrogens with zero attached hydrogens (tertiary/aromatic N) is 3. The number of fused-ring (bicyclic) bond motifs is 1. The summed E-state index contributed by atoms with van der Waals surface area (Å²) in [4.78, 5) is 29.7. The van der Waals surface area contributed by atoms with Gasteiger partial charge in [-0.25, -0.2) is 9.78 Å². The van der Waals surface area contributed by atoms with Crippen molar-refractivity contribution in [2.24, 2.45) is 0 Å². The van der Waals surface area contributed by atoms with Crippen LogP contribution in [0.5, 0.6) is 0 Å². The second-order valence-electron chi connectivity index (χ2n) is 6.40. The Kier molecular flexibility index (Phi) is 3.47. The topological polar surface area (TPSA) is 67.2 Å². The SMILES string of the molecule is CC1(C)NC(=O)N(CCCn2cnc3c2CCCC3)C1=O. The highest BCUT2D eigenvalue weighted by atomic mass is 16.2. The predicted molar refractivity (Wildman–Crippen MR) is 77.8 cm³/mol. The largest absolute Gasteiger partial charge is 0.334 e. The summed E-state index contributed by atoms with van der Waals surface area (Å²) in [6, 6.07) is -0.280. The lowest BCUT2D eigenvalue weighted by Gasteiger charge is -2.17. The van der Waals surface area contributed by atoms with Gasteiger partial charge in [-0.15, -0.1) is 0 Å². The number of hydrogen-bond acceptors (Lipinski definition) is 3. The van der Waals surface area contributed by atoms with Crippen LogP contribution in [0.1, 0.15) is 44.5 Å². The third-order valence-electron chi connectivity index (χ3n) is 4.34. The Bertz CT molecular complexity index is 576. The van der Waals surface area contributed by atoms with Crippen molar-refractivity contribution in [1.82, 2.24) is 19.8 Å². The van der Waals surface area contributed by atoms with E-state index in [0.717, 1.165) is 25.8 Å². The van der Waals surface area contributed by atoms with Crippen LogP contribution >= 0.6 is 0 Å². The standard InChI is InChI=1S/C15H22N4O2/c1-15(2)13(20)19(14(21)17-15)9-5-8-18-10-16-11-6-3-4-7-12(11)18/h10H,3-9H2,1-2H3,(H,17,21). The third kappa shape index (κ3) is 2.54. The fraction of sp³-hybridized carbons (Fsp3) is 0.667. The highest BCUT2D eigenvalue weighted by Gasteiger charge is 2.43. The van der Waals surface area contributed by atoms with Crippen LogP contribution in [-0.4, -0.2) is 38.5 Å². The molecular formula is C15H22N4O2. The molecule has 2 aliphatic rings. The lowest BCUT2D eigenvalue weighted by Crippen LogP contribution is -2.40. The zero-order valence-corrected chi connectivity index (χ0v) is 12.7. The molecule has 0 bridgehead atoms. The molecule has 2 heterocycles. The maximum atomic E-state index is 12.1. The van der Waals surface area contributed by atoms with Crippen molar-refractivity contribution < 1.29 is 9.59 Å². The number of aryl methyl sites for hydroxylation is 2. The second-order valence-corrected chi connectivity index (χ2v) is 6.40. The van der Waals surface area contributed by atoms with E-state index >= 15 is 0 Å². The number of urea groups is 1. The third-order valence-corrected chi connectivity index (χ3v) is 4.34. The summed E-state index contributed by atoms with van der Waals surface area (Å²) in [6.07, 6.45) is 7.26. The Hall–Kier alpha value is -1.85. The van der Waals surface area contributed by atoms with Gasteiger partial charge in [0.1, 0.15) is 5.54 Å². The molecule has 0 atom stereocenters. The van der Waals surface area contributed by atoms with E-state index in [0.29, 0.717) is 6.54 Å². The normalized spacial score (nSPS) is 20.6. The minimum atomic E-state index is -0.773. The molecule has 114 valence electrons. The van der Waals surface area contributed by atoms with Crippen LogP contribution in [0, 0.1) is 0 Å². The van der Waals surface area contributed by atoms with Gasteiger partial charge in [0.25, 0.3) is 5.91 Å². The Labute approximate surface area is 124 Å². The monoisotopic (exact) mass is 290 g/mol. The quantitative estimate of drug-likeness (QED) is 0.854. The van der Waals surface area contributed by atoms with Crippen LogP contribution in [0.25, 0.3) is 0 Å². The van der Waals surface area contributed by atoms with Gasteiger partial charge in [0.15, 0.2) is 0 Å². The van der Waals surface area contributed by atoms with E-state index in [1.54, 1.807) is 13.8 Å². The molecule has 6 heteroatoms. The van der Waals surface area contributed by atoms with Gasteiger partial charge in [-0.3, -0.25) is 9.69 Å². The van der Waals surface area contributed by atoms with E-state index in [2.05, 4.69) is 14.9 Å². The Morgan fingerprint density at radius 3 is 2.71 bits per heavy atom. The average Bonchev–Trinajstić information content (AvgIpc) is 2.93. The van der Waals surface area contributed by atoms with E-state index in [-0.39, 0.29) is 11.9 Å². The smallest absolute Gasteiger partial charge is 0.325 e. The van der Waals surface area contributed by atoms with Gasteiger partial charge in [0.05, 0.1) is 12.0 Å². The van der Waals surface area contributed by atoms with Crippen molar-refractivity contribution >= 4 is 11.9 Å². The summed E-state index contributed by atoms with van der Waals surface area (Å²) in [5.41, 5.74) is 1.78. The Balaban J connectivity index is 1.58. The average molecular weight is 290 g/mol. The van der Waals surface area contributed by atoms with Crippen LogP contribution in [0.3, 0.4) is 0 Å². The van der Waals surface area contributed by atoms with Crippen LogP contribution in [0.15, 0.2) is 6.33 Å². The van der Waals surface area contributed by atoms with Gasteiger partial charge in [-0.05, 0) is 46.0 Å². The summed E-state index contributed by atoms with van der Waals surface area (Å²) in [5, 5.41) is 2.70. The number of carbonyl (C=O) groups excluding carboxylic acids is 2. The van der Waals surface area contributed by atoms with Crippen molar-refractivity contribution in [2.75, 3.05) is 6.54 Å². The fourth-order valence-corrected chi connectivity index (χ4v) is 3.14. The molecule has 0 saturated carbocycles. The second kappa shape index (κ2) is 5.16. The van der Waals surface area contributed by atoms with Crippen molar-refractivity contribution in [1.29, 1.82) is 0 Å². The van der Waals surface area contributed by atoms with Crippen LogP contribution in [0.2, 0.25) is 0 Å². The number of imide groups is 1. The first kappa shape index (κ1) is 14.1. The molecule has 1 aliphatic heterocycles. The molecule has 1 fully saturated rings. The molecule has 0 radical (unpaired) electrons. The number of rotatable bonds is 4. The number of imidazole rings is 1. The van der Waals surface area contributed by atoms with Crippen LogP contribution in [0.4, 0.5) is 4.79 Å². The van der Waals surface area contributed by atoms with Crippen molar-refractivity contribution in [3.63, 3.8) is 0 Å². The first-order valence-corrected chi connectivity index (χ1v) is 7.66. The molecule has 1 aliphatic carbocycles. The highest BCUT2D eigenvalue weighted by molar-refractivity contribution is 6.06. The molecule has 1 N–H and O–H groups in total. The molecule has 1 aromatic heterocycles. The lowest BCUT2D eigenvalue weighted by molar-refractivity contribution is -0.130. The van der Waals surface area contributed by atoms with Crippen LogP contribution in [-0.2, 0) is 24.2 Å². The molecule has 6 nitrogen and oxygen atoms in total. The van der Waals surface area contributed by atoms with E-state index in [1.807, 2.05) is 6.33 Å². The minimum Gasteiger partial charge on any atom is -0.334 e. The zero-order valence-electron chi connectivity index (χ0n) is 12.7. The number of nitrogens with one attached hydrogen (secondary N) is 1. The number of amides is 3. The molecule has 0 aromatic carbocycles. The summed E-state index contributed by atoms with van der Waals surface area (Å²) in [6.45, 7) is 4.74. The predicted octanol–water partition coefficient (Wildman–Crippen LogP) is 1.48. The Morgan fingerprint density at radius 2 is 2.00 bits per heavy atom. The maximum Gasteiger partial charge on any atom is 0.325 e. The number of aromatic nitrogens is 2. The molecule has 0 unspecified atom stereocenters. The molecule has 1 aromatic rings. The molecular weight excluding hydrogens is 268 g/mol.